The lowest BCUT2D eigenvalue weighted by Gasteiger charge is -2.28. The van der Waals surface area contributed by atoms with Crippen molar-refractivity contribution in [1.82, 2.24) is 10.2 Å². The first kappa shape index (κ1) is 23.6. The zero-order chi connectivity index (χ0) is 22.9. The minimum Gasteiger partial charge on any atom is -0.493 e. The van der Waals surface area contributed by atoms with Crippen molar-refractivity contribution >= 4 is 17.5 Å². The van der Waals surface area contributed by atoms with Gasteiger partial charge in [-0.15, -0.1) is 0 Å². The Hall–Kier alpha value is -3.06. The molecule has 0 unspecified atom stereocenters. The molecule has 1 saturated heterocycles. The number of amides is 2. The highest BCUT2D eigenvalue weighted by atomic mass is 16.5. The van der Waals surface area contributed by atoms with Crippen molar-refractivity contribution in [3.63, 3.8) is 0 Å². The van der Waals surface area contributed by atoms with Crippen LogP contribution in [0, 0.1) is 5.92 Å². The van der Waals surface area contributed by atoms with Crippen molar-refractivity contribution in [2.24, 2.45) is 5.92 Å². The standard InChI is InChI=1S/C25H33N3O4/c1-28-14-11-19(12-15-28)17-24(29)27-21-7-5-4-6-20(21)25(30)26-13-10-18-8-9-22(31-2)23(16-18)32-3/h4-9,16,19H,10-15,17H2,1-3H3,(H,26,30)(H,27,29). The van der Waals surface area contributed by atoms with E-state index in [0.29, 0.717) is 48.1 Å². The highest BCUT2D eigenvalue weighted by molar-refractivity contribution is 6.03. The van der Waals surface area contributed by atoms with Gasteiger partial charge >= 0.3 is 0 Å². The van der Waals surface area contributed by atoms with Crippen LogP contribution in [0.2, 0.25) is 0 Å². The van der Waals surface area contributed by atoms with Crippen molar-refractivity contribution in [2.75, 3.05) is 46.2 Å². The molecule has 172 valence electrons. The lowest BCUT2D eigenvalue weighted by molar-refractivity contribution is -0.117. The molecule has 1 fully saturated rings. The van der Waals surface area contributed by atoms with E-state index in [1.165, 1.54) is 0 Å². The third kappa shape index (κ3) is 6.47. The van der Waals surface area contributed by atoms with E-state index >= 15 is 0 Å². The van der Waals surface area contributed by atoms with Gasteiger partial charge in [0.1, 0.15) is 0 Å². The second kappa shape index (κ2) is 11.5. The van der Waals surface area contributed by atoms with Gasteiger partial charge in [0, 0.05) is 13.0 Å². The molecule has 1 aliphatic rings. The number of methoxy groups -OCH3 is 2. The molecule has 7 nitrogen and oxygen atoms in total. The van der Waals surface area contributed by atoms with Gasteiger partial charge in [0.15, 0.2) is 11.5 Å². The lowest BCUT2D eigenvalue weighted by Crippen LogP contribution is -2.32. The van der Waals surface area contributed by atoms with Crippen molar-refractivity contribution < 1.29 is 19.1 Å². The molecule has 0 atom stereocenters. The number of nitrogens with zero attached hydrogens (tertiary/aromatic N) is 1. The van der Waals surface area contributed by atoms with E-state index in [0.717, 1.165) is 31.5 Å². The summed E-state index contributed by atoms with van der Waals surface area (Å²) < 4.78 is 10.6. The Labute approximate surface area is 190 Å². The summed E-state index contributed by atoms with van der Waals surface area (Å²) in [4.78, 5) is 27.6. The van der Waals surface area contributed by atoms with Crippen molar-refractivity contribution in [2.45, 2.75) is 25.7 Å². The number of hydrogen-bond acceptors (Lipinski definition) is 5. The maximum Gasteiger partial charge on any atom is 0.253 e. The molecule has 0 aliphatic carbocycles. The number of piperidine rings is 1. The first-order valence-corrected chi connectivity index (χ1v) is 11.1. The van der Waals surface area contributed by atoms with Crippen LogP contribution in [0.4, 0.5) is 5.69 Å². The van der Waals surface area contributed by atoms with Crippen LogP contribution in [0.3, 0.4) is 0 Å². The highest BCUT2D eigenvalue weighted by Crippen LogP contribution is 2.27. The molecule has 0 aromatic heterocycles. The minimum atomic E-state index is -0.208. The molecule has 7 heteroatoms. The third-order valence-electron chi connectivity index (χ3n) is 5.91. The van der Waals surface area contributed by atoms with Gasteiger partial charge in [0.05, 0.1) is 25.5 Å². The predicted octanol–water partition coefficient (Wildman–Crippen LogP) is 3.35. The Morgan fingerprint density at radius 2 is 1.75 bits per heavy atom. The van der Waals surface area contributed by atoms with E-state index in [9.17, 15) is 9.59 Å². The summed E-state index contributed by atoms with van der Waals surface area (Å²) in [5.41, 5.74) is 2.05. The van der Waals surface area contributed by atoms with Crippen molar-refractivity contribution in [1.29, 1.82) is 0 Å². The molecule has 2 aromatic carbocycles. The van der Waals surface area contributed by atoms with Gasteiger partial charge < -0.3 is 25.0 Å². The molecule has 2 amide bonds. The number of para-hydroxylation sites is 1. The zero-order valence-corrected chi connectivity index (χ0v) is 19.1. The Morgan fingerprint density at radius 3 is 2.47 bits per heavy atom. The molecule has 32 heavy (non-hydrogen) atoms. The molecule has 3 rings (SSSR count). The average Bonchev–Trinajstić information content (AvgIpc) is 2.80. The summed E-state index contributed by atoms with van der Waals surface area (Å²) >= 11 is 0. The van der Waals surface area contributed by atoms with E-state index in [4.69, 9.17) is 9.47 Å². The summed E-state index contributed by atoms with van der Waals surface area (Å²) in [6.07, 6.45) is 3.20. The monoisotopic (exact) mass is 439 g/mol. The lowest BCUT2D eigenvalue weighted by atomic mass is 9.93. The summed E-state index contributed by atoms with van der Waals surface area (Å²) in [6.45, 7) is 2.51. The van der Waals surface area contributed by atoms with Gasteiger partial charge in [-0.1, -0.05) is 18.2 Å². The minimum absolute atomic E-state index is 0.0369. The van der Waals surface area contributed by atoms with Crippen LogP contribution in [0.1, 0.15) is 35.2 Å². The van der Waals surface area contributed by atoms with E-state index in [1.807, 2.05) is 24.3 Å². The molecule has 1 aliphatic heterocycles. The molecule has 0 bridgehead atoms. The largest absolute Gasteiger partial charge is 0.493 e. The van der Waals surface area contributed by atoms with Gasteiger partial charge in [-0.25, -0.2) is 0 Å². The van der Waals surface area contributed by atoms with Crippen LogP contribution in [0.5, 0.6) is 11.5 Å². The van der Waals surface area contributed by atoms with Gasteiger partial charge in [0.2, 0.25) is 5.91 Å². The maximum absolute atomic E-state index is 12.8. The fourth-order valence-corrected chi connectivity index (χ4v) is 3.97. The quantitative estimate of drug-likeness (QED) is 0.626. The zero-order valence-electron chi connectivity index (χ0n) is 19.1. The van der Waals surface area contributed by atoms with Gasteiger partial charge in [-0.2, -0.15) is 0 Å². The van der Waals surface area contributed by atoms with Crippen LogP contribution >= 0.6 is 0 Å². The van der Waals surface area contributed by atoms with Crippen LogP contribution in [-0.2, 0) is 11.2 Å². The molecule has 2 aromatic rings. The molecule has 2 N–H and O–H groups in total. The van der Waals surface area contributed by atoms with Crippen molar-refractivity contribution in [3.8, 4) is 11.5 Å². The number of benzene rings is 2. The second-order valence-corrected chi connectivity index (χ2v) is 8.24. The third-order valence-corrected chi connectivity index (χ3v) is 5.91. The number of ether oxygens (including phenoxy) is 2. The van der Waals surface area contributed by atoms with Crippen LogP contribution in [0.15, 0.2) is 42.5 Å². The fraction of sp³-hybridized carbons (Fsp3) is 0.440. The summed E-state index contributed by atoms with van der Waals surface area (Å²) in [5.74, 6) is 1.48. The molecule has 0 radical (unpaired) electrons. The van der Waals surface area contributed by atoms with Crippen LogP contribution in [-0.4, -0.2) is 57.6 Å². The highest BCUT2D eigenvalue weighted by Gasteiger charge is 2.20. The summed E-state index contributed by atoms with van der Waals surface area (Å²) in [5, 5.41) is 5.89. The second-order valence-electron chi connectivity index (χ2n) is 8.24. The van der Waals surface area contributed by atoms with Crippen LogP contribution < -0.4 is 20.1 Å². The molecule has 0 spiro atoms. The smallest absolute Gasteiger partial charge is 0.253 e. The Balaban J connectivity index is 1.54. The summed E-state index contributed by atoms with van der Waals surface area (Å²) in [7, 11) is 5.30. The predicted molar refractivity (Wildman–Crippen MR) is 125 cm³/mol. The number of rotatable bonds is 9. The number of nitrogens with one attached hydrogen (secondary N) is 2. The van der Waals surface area contributed by atoms with E-state index in [2.05, 4.69) is 22.6 Å². The number of anilines is 1. The molecule has 0 saturated carbocycles. The van der Waals surface area contributed by atoms with Gasteiger partial charge in [0.25, 0.3) is 5.91 Å². The van der Waals surface area contributed by atoms with Gasteiger partial charge in [-0.05, 0) is 75.1 Å². The van der Waals surface area contributed by atoms with E-state index in [-0.39, 0.29) is 11.8 Å². The van der Waals surface area contributed by atoms with Crippen LogP contribution in [0.25, 0.3) is 0 Å². The first-order valence-electron chi connectivity index (χ1n) is 11.1. The molecule has 1 heterocycles. The Bertz CT molecular complexity index is 923. The summed E-state index contributed by atoms with van der Waals surface area (Å²) in [6, 6.07) is 12.8. The SMILES string of the molecule is COc1ccc(CCNC(=O)c2ccccc2NC(=O)CC2CCN(C)CC2)cc1OC. The van der Waals surface area contributed by atoms with Gasteiger partial charge in [-0.3, -0.25) is 9.59 Å². The van der Waals surface area contributed by atoms with Crippen molar-refractivity contribution in [3.05, 3.63) is 53.6 Å². The normalized spacial score (nSPS) is 14.6. The Morgan fingerprint density at radius 1 is 1.03 bits per heavy atom. The average molecular weight is 440 g/mol. The number of likely N-dealkylation sites (tertiary alicyclic amines) is 1. The number of carbonyl (C=O) groups is 2. The maximum atomic E-state index is 12.8. The molecular formula is C25H33N3O4. The molecular weight excluding hydrogens is 406 g/mol. The first-order chi connectivity index (χ1) is 15.5. The van der Waals surface area contributed by atoms with E-state index in [1.54, 1.807) is 32.4 Å². The number of carbonyl (C=O) groups excluding carboxylic acids is 2. The Kier molecular flexibility index (Phi) is 8.50. The fourth-order valence-electron chi connectivity index (χ4n) is 3.97. The number of hydrogen-bond donors (Lipinski definition) is 2. The van der Waals surface area contributed by atoms with E-state index < -0.39 is 0 Å². The topological polar surface area (TPSA) is 79.9 Å².